The number of phenols is 4. The van der Waals surface area contributed by atoms with Gasteiger partial charge in [0.05, 0.1) is 58.3 Å². The van der Waals surface area contributed by atoms with Crippen LogP contribution in [-0.4, -0.2) is 67.7 Å². The maximum absolute atomic E-state index is 14.2. The van der Waals surface area contributed by atoms with Gasteiger partial charge in [0.1, 0.15) is 23.0 Å². The highest BCUT2D eigenvalue weighted by Gasteiger charge is 2.69. The molecule has 7 fully saturated rings. The quantitative estimate of drug-likeness (QED) is 0.186. The van der Waals surface area contributed by atoms with Crippen LogP contribution in [0, 0.1) is 113 Å². The topological polar surface area (TPSA) is 230 Å². The molecular weight excluding hydrogens is 849 g/mol. The number of rotatable bonds is 4. The van der Waals surface area contributed by atoms with Gasteiger partial charge in [-0.2, -0.15) is 0 Å². The number of anilines is 4. The van der Waals surface area contributed by atoms with Crippen LogP contribution < -0.4 is 19.6 Å². The van der Waals surface area contributed by atoms with Crippen LogP contribution in [0.3, 0.4) is 0 Å². The molecule has 4 N–H and O–H groups in total. The number of benzene rings is 4. The van der Waals surface area contributed by atoms with Crippen molar-refractivity contribution < 1.29 is 58.8 Å². The SMILES string of the molecule is CC1C(=O)N(c2cc3c(cc2O)=c2cc(N4C(=O)C5C6CC7C(=O)N(c8cc9c(cc8O)=c8cc(N%10C(=O)C%11C(C)C(C)C%11C%10=O)c(O)cc8=9)C(=O)C7CC6C5C4=O)c(O)cc2=3)C(=O)C1C. The van der Waals surface area contributed by atoms with Crippen LogP contribution in [0.5, 0.6) is 23.0 Å². The second-order valence-electron chi connectivity index (χ2n) is 20.0. The lowest BCUT2D eigenvalue weighted by Gasteiger charge is -2.50. The van der Waals surface area contributed by atoms with E-state index in [0.29, 0.717) is 41.7 Å². The maximum atomic E-state index is 14.2. The molecule has 16 heteroatoms. The first-order valence-corrected chi connectivity index (χ1v) is 22.4. The standard InChI is InChI=1S/C50H40N4O12/c1-15-16(2)40-39(15)47(63)53(48(40)64)33-9-21-24-12-36(56)32(8-20(24)26(21)13-37(33)57)52-45(61)29-5-27-28(6-30(29)46(52)62)42-41(27)49(65)54(50(42)66)34-10-22-23-11-35(55)31(7-19(23)25(22)14-38(34)58)51-43(59)17(3)18(4)44(51)60/h7-18,27-30,39-42,55-58H,5-6H2,1-4H3. The van der Waals surface area contributed by atoms with E-state index in [1.165, 1.54) is 42.5 Å². The van der Waals surface area contributed by atoms with E-state index in [9.17, 15) is 58.8 Å². The second-order valence-corrected chi connectivity index (χ2v) is 20.0. The normalized spacial score (nSPS) is 32.8. The molecule has 4 aromatic rings. The molecule has 12 atom stereocenters. The summed E-state index contributed by atoms with van der Waals surface area (Å²) in [5, 5.41) is 49.2. The maximum Gasteiger partial charge on any atom is 0.238 e. The molecule has 3 saturated carbocycles. The molecule has 0 radical (unpaired) electrons. The first-order valence-electron chi connectivity index (χ1n) is 22.4. The summed E-state index contributed by atoms with van der Waals surface area (Å²) in [7, 11) is 0. The zero-order chi connectivity index (χ0) is 46.2. The molecule has 5 aliphatic carbocycles. The van der Waals surface area contributed by atoms with Gasteiger partial charge in [-0.25, -0.2) is 19.6 Å². The van der Waals surface area contributed by atoms with Crippen LogP contribution in [0.2, 0.25) is 0 Å². The fourth-order valence-electron chi connectivity index (χ4n) is 13.4. The largest absolute Gasteiger partial charge is 0.506 e. The smallest absolute Gasteiger partial charge is 0.238 e. The molecule has 12 unspecified atom stereocenters. The summed E-state index contributed by atoms with van der Waals surface area (Å²) in [5.74, 6) is -10.9. The van der Waals surface area contributed by atoms with Gasteiger partial charge in [-0.3, -0.25) is 38.4 Å². The zero-order valence-corrected chi connectivity index (χ0v) is 35.8. The van der Waals surface area contributed by atoms with Gasteiger partial charge in [-0.15, -0.1) is 0 Å². The predicted octanol–water partition coefficient (Wildman–Crippen LogP) is 3.77. The van der Waals surface area contributed by atoms with Crippen molar-refractivity contribution in [3.05, 3.63) is 90.3 Å². The molecule has 9 aliphatic rings. The van der Waals surface area contributed by atoms with Crippen molar-refractivity contribution in [3.8, 4) is 23.0 Å². The lowest BCUT2D eigenvalue weighted by atomic mass is 9.49. The van der Waals surface area contributed by atoms with Crippen LogP contribution in [-0.2, 0) is 38.4 Å². The summed E-state index contributed by atoms with van der Waals surface area (Å²) in [6.07, 6.45) is 0.321. The zero-order valence-electron chi connectivity index (χ0n) is 35.8. The third-order valence-corrected chi connectivity index (χ3v) is 17.4. The number of carbonyl (C=O) groups is 8. The number of carbonyl (C=O) groups excluding carboxylic acids is 8. The lowest BCUT2D eigenvalue weighted by Crippen LogP contribution is -2.53. The van der Waals surface area contributed by atoms with E-state index < -0.39 is 94.6 Å². The number of nitrogens with zero attached hydrogens (tertiary/aromatic N) is 4. The minimum Gasteiger partial charge on any atom is -0.506 e. The molecular formula is C50H40N4O12. The molecule has 4 aliphatic heterocycles. The first-order chi connectivity index (χ1) is 31.4. The summed E-state index contributed by atoms with van der Waals surface area (Å²) in [4.78, 5) is 113. The molecule has 66 heavy (non-hydrogen) atoms. The number of imide groups is 4. The Morgan fingerprint density at radius 2 is 0.591 bits per heavy atom. The van der Waals surface area contributed by atoms with Crippen molar-refractivity contribution in [2.24, 2.45) is 71.0 Å². The molecule has 13 rings (SSSR count). The van der Waals surface area contributed by atoms with Crippen molar-refractivity contribution in [3.63, 3.8) is 0 Å². The third-order valence-electron chi connectivity index (χ3n) is 17.4. The van der Waals surface area contributed by atoms with Crippen molar-refractivity contribution in [1.29, 1.82) is 0 Å². The third kappa shape index (κ3) is 4.36. The number of amides is 8. The number of phenolic OH excluding ortho intramolecular Hbond substituents is 4. The van der Waals surface area contributed by atoms with E-state index in [4.69, 9.17) is 0 Å². The van der Waals surface area contributed by atoms with Gasteiger partial charge < -0.3 is 20.4 Å². The highest BCUT2D eigenvalue weighted by atomic mass is 16.3. The van der Waals surface area contributed by atoms with Gasteiger partial charge >= 0.3 is 0 Å². The lowest BCUT2D eigenvalue weighted by molar-refractivity contribution is -0.148. The highest BCUT2D eigenvalue weighted by molar-refractivity contribution is 6.26. The Balaban J connectivity index is 0.772. The molecule has 8 amide bonds. The van der Waals surface area contributed by atoms with Crippen molar-refractivity contribution in [1.82, 2.24) is 0 Å². The monoisotopic (exact) mass is 888 g/mol. The molecule has 0 aromatic heterocycles. The Labute approximate surface area is 372 Å². The number of hydrogen-bond acceptors (Lipinski definition) is 12. The fourth-order valence-corrected chi connectivity index (χ4v) is 13.4. The van der Waals surface area contributed by atoms with Crippen LogP contribution in [0.1, 0.15) is 40.5 Å². The average molecular weight is 889 g/mol. The Bertz CT molecular complexity index is 3540. The minimum atomic E-state index is -0.811. The molecule has 4 saturated heterocycles. The van der Waals surface area contributed by atoms with E-state index in [-0.39, 0.29) is 82.2 Å². The minimum absolute atomic E-state index is 0.0338. The van der Waals surface area contributed by atoms with E-state index >= 15 is 0 Å². The molecule has 16 nitrogen and oxygen atoms in total. The molecule has 4 heterocycles. The van der Waals surface area contributed by atoms with Crippen molar-refractivity contribution in [2.75, 3.05) is 19.6 Å². The highest BCUT2D eigenvalue weighted by Crippen LogP contribution is 2.62. The van der Waals surface area contributed by atoms with Crippen LogP contribution in [0.4, 0.5) is 22.7 Å². The molecule has 0 bridgehead atoms. The Morgan fingerprint density at radius 3 is 0.894 bits per heavy atom. The van der Waals surface area contributed by atoms with E-state index in [0.717, 1.165) is 19.6 Å². The van der Waals surface area contributed by atoms with Crippen LogP contribution >= 0.6 is 0 Å². The number of aromatic hydroxyl groups is 4. The van der Waals surface area contributed by atoms with Gasteiger partial charge in [0, 0.05) is 11.8 Å². The summed E-state index contributed by atoms with van der Waals surface area (Å²) < 4.78 is 0. The summed E-state index contributed by atoms with van der Waals surface area (Å²) in [6.45, 7) is 7.18. The summed E-state index contributed by atoms with van der Waals surface area (Å²) >= 11 is 0. The molecule has 4 aromatic carbocycles. The average Bonchev–Trinajstić information content (AvgIpc) is 3.83. The van der Waals surface area contributed by atoms with Gasteiger partial charge in [-0.05, 0) is 127 Å². The van der Waals surface area contributed by atoms with Gasteiger partial charge in [0.2, 0.25) is 47.3 Å². The van der Waals surface area contributed by atoms with Crippen molar-refractivity contribution in [2.45, 2.75) is 40.5 Å². The van der Waals surface area contributed by atoms with E-state index in [2.05, 4.69) is 0 Å². The molecule has 0 spiro atoms. The van der Waals surface area contributed by atoms with E-state index in [1.807, 2.05) is 13.8 Å². The van der Waals surface area contributed by atoms with Crippen molar-refractivity contribution >= 4 is 70.0 Å². The molecule has 332 valence electrons. The fraction of sp³-hybridized carbons (Fsp3) is 0.360. The number of fused-ring (bicyclic) bond motifs is 10. The summed E-state index contributed by atoms with van der Waals surface area (Å²) in [5.41, 5.74) is 0.0304. The predicted molar refractivity (Wildman–Crippen MR) is 227 cm³/mol. The number of hydrogen-bond donors (Lipinski definition) is 4. The van der Waals surface area contributed by atoms with Gasteiger partial charge in [0.25, 0.3) is 0 Å². The Hall–Kier alpha value is -7.36. The van der Waals surface area contributed by atoms with E-state index in [1.54, 1.807) is 19.9 Å². The second kappa shape index (κ2) is 12.3. The van der Waals surface area contributed by atoms with Gasteiger partial charge in [0.15, 0.2) is 0 Å². The van der Waals surface area contributed by atoms with Crippen LogP contribution in [0.25, 0.3) is 0 Å². The Morgan fingerprint density at radius 1 is 0.348 bits per heavy atom. The summed E-state index contributed by atoms with van der Waals surface area (Å²) in [6, 6.07) is 11.8. The first kappa shape index (κ1) is 39.0. The van der Waals surface area contributed by atoms with Crippen LogP contribution in [0.15, 0.2) is 48.5 Å². The van der Waals surface area contributed by atoms with Gasteiger partial charge in [-0.1, -0.05) is 27.7 Å². The Kier molecular flexibility index (Phi) is 7.27.